The molecular formula is C31H33N7O4S. The number of phenols is 1. The standard InChI is InChI=1S/C31H33N7O4S/c1-19-28-37(26(40)18-35(2)38(28)31(42)33-16-21-7-4-3-5-8-21)24(15-20-11-13-23(39)14-12-20)29(41)36(19)17-22-9-6-10-25-27(22)34-30(32)43-25/h3-14,19,24,28,39H,15-18H2,1-2H3,(H2,32,34)(H,33,42)/t19-,24-,28?/m0/s1. The van der Waals surface area contributed by atoms with Gasteiger partial charge in [-0.05, 0) is 41.8 Å². The highest BCUT2D eigenvalue weighted by molar-refractivity contribution is 7.22. The van der Waals surface area contributed by atoms with Crippen LogP contribution >= 0.6 is 11.3 Å². The van der Waals surface area contributed by atoms with Gasteiger partial charge in [-0.2, -0.15) is 0 Å². The van der Waals surface area contributed by atoms with E-state index in [0.717, 1.165) is 26.9 Å². The number of amides is 4. The Hall–Kier alpha value is -4.68. The van der Waals surface area contributed by atoms with Gasteiger partial charge in [0.15, 0.2) is 5.13 Å². The Morgan fingerprint density at radius 1 is 1.05 bits per heavy atom. The largest absolute Gasteiger partial charge is 0.508 e. The number of hydrazine groups is 1. The average Bonchev–Trinajstić information content (AvgIpc) is 3.38. The fourth-order valence-electron chi connectivity index (χ4n) is 6.01. The Kier molecular flexibility index (Phi) is 7.63. The number of rotatable bonds is 6. The van der Waals surface area contributed by atoms with Gasteiger partial charge in [-0.25, -0.2) is 19.8 Å². The van der Waals surface area contributed by atoms with E-state index in [1.54, 1.807) is 51.1 Å². The number of anilines is 1. The third-order valence-corrected chi connectivity index (χ3v) is 8.95. The van der Waals surface area contributed by atoms with Crippen LogP contribution in [-0.4, -0.2) is 79.6 Å². The number of likely N-dealkylation sites (N-methyl/N-ethyl adjacent to an activating group) is 1. The number of phenolic OH excluding ortho intramolecular Hbond substituents is 1. The highest BCUT2D eigenvalue weighted by atomic mass is 32.1. The van der Waals surface area contributed by atoms with E-state index in [-0.39, 0.29) is 43.1 Å². The normalized spacial score (nSPS) is 20.9. The molecule has 2 aliphatic heterocycles. The molecule has 222 valence electrons. The number of thiazole rings is 1. The van der Waals surface area contributed by atoms with Gasteiger partial charge >= 0.3 is 6.03 Å². The predicted octanol–water partition coefficient (Wildman–Crippen LogP) is 3.15. The Morgan fingerprint density at radius 2 is 1.79 bits per heavy atom. The second-order valence-electron chi connectivity index (χ2n) is 10.9. The van der Waals surface area contributed by atoms with Crippen LogP contribution in [0, 0.1) is 0 Å². The first-order valence-corrected chi connectivity index (χ1v) is 14.9. The number of nitrogens with two attached hydrogens (primary N) is 1. The van der Waals surface area contributed by atoms with Crippen molar-refractivity contribution in [3.8, 4) is 5.75 Å². The zero-order chi connectivity index (χ0) is 30.2. The number of aromatic hydroxyl groups is 1. The van der Waals surface area contributed by atoms with E-state index in [9.17, 15) is 19.5 Å². The quantitative estimate of drug-likeness (QED) is 0.310. The van der Waals surface area contributed by atoms with Gasteiger partial charge in [0.1, 0.15) is 18.0 Å². The van der Waals surface area contributed by atoms with Crippen molar-refractivity contribution < 1.29 is 19.5 Å². The summed E-state index contributed by atoms with van der Waals surface area (Å²) < 4.78 is 0.920. The third-order valence-electron chi connectivity index (χ3n) is 8.10. The van der Waals surface area contributed by atoms with Crippen molar-refractivity contribution in [2.24, 2.45) is 0 Å². The number of urea groups is 1. The van der Waals surface area contributed by atoms with Crippen LogP contribution in [0.2, 0.25) is 0 Å². The summed E-state index contributed by atoms with van der Waals surface area (Å²) in [5.41, 5.74) is 9.30. The minimum atomic E-state index is -0.865. The number of piperazine rings is 1. The number of nitrogens with one attached hydrogen (secondary N) is 1. The summed E-state index contributed by atoms with van der Waals surface area (Å²) in [6.45, 7) is 2.35. The molecule has 4 N–H and O–H groups in total. The van der Waals surface area contributed by atoms with E-state index in [0.29, 0.717) is 11.7 Å². The first-order valence-electron chi connectivity index (χ1n) is 14.1. The zero-order valence-electron chi connectivity index (χ0n) is 23.9. The molecule has 3 aromatic carbocycles. The summed E-state index contributed by atoms with van der Waals surface area (Å²) in [5, 5.41) is 16.4. The predicted molar refractivity (Wildman–Crippen MR) is 163 cm³/mol. The summed E-state index contributed by atoms with van der Waals surface area (Å²) in [4.78, 5) is 49.6. The van der Waals surface area contributed by atoms with Gasteiger partial charge < -0.3 is 26.0 Å². The van der Waals surface area contributed by atoms with Crippen LogP contribution in [0.3, 0.4) is 0 Å². The van der Waals surface area contributed by atoms with Crippen molar-refractivity contribution in [3.63, 3.8) is 0 Å². The van der Waals surface area contributed by atoms with Gasteiger partial charge in [0, 0.05) is 26.6 Å². The van der Waals surface area contributed by atoms with Gasteiger partial charge in [-0.3, -0.25) is 9.59 Å². The fraction of sp³-hybridized carbons (Fsp3) is 0.290. The van der Waals surface area contributed by atoms with Crippen LogP contribution in [0.25, 0.3) is 10.2 Å². The van der Waals surface area contributed by atoms with Crippen molar-refractivity contribution >= 4 is 44.5 Å². The molecule has 43 heavy (non-hydrogen) atoms. The average molecular weight is 600 g/mol. The molecule has 3 heterocycles. The molecule has 0 bridgehead atoms. The molecule has 12 heteroatoms. The number of nitrogens with zero attached hydrogens (tertiary/aromatic N) is 5. The highest BCUT2D eigenvalue weighted by Crippen LogP contribution is 2.34. The molecule has 0 saturated carbocycles. The molecule has 4 aromatic rings. The lowest BCUT2D eigenvalue weighted by atomic mass is 9.94. The lowest BCUT2D eigenvalue weighted by Crippen LogP contribution is -2.78. The first-order chi connectivity index (χ1) is 20.7. The Labute approximate surface area is 253 Å². The maximum absolute atomic E-state index is 14.3. The van der Waals surface area contributed by atoms with Crippen LogP contribution in [-0.2, 0) is 29.1 Å². The number of para-hydroxylation sites is 1. The SMILES string of the molecule is C[C@H]1C2N(C(=O)CN(C)N2C(=O)NCc2ccccc2)[C@@H](Cc2ccc(O)cc2)C(=O)N1Cc1cccc2sc(N)nc12. The van der Waals surface area contributed by atoms with E-state index in [4.69, 9.17) is 5.73 Å². The van der Waals surface area contributed by atoms with Gasteiger partial charge in [0.05, 0.1) is 22.8 Å². The lowest BCUT2D eigenvalue weighted by Gasteiger charge is -2.57. The van der Waals surface area contributed by atoms with Gasteiger partial charge in [-0.1, -0.05) is 65.9 Å². The molecule has 0 radical (unpaired) electrons. The Balaban J connectivity index is 1.38. The van der Waals surface area contributed by atoms with Crippen molar-refractivity contribution in [3.05, 3.63) is 89.5 Å². The van der Waals surface area contributed by atoms with Crippen molar-refractivity contribution in [2.75, 3.05) is 19.3 Å². The lowest BCUT2D eigenvalue weighted by molar-refractivity contribution is -0.196. The Bertz CT molecular complexity index is 1660. The smallest absolute Gasteiger partial charge is 0.334 e. The summed E-state index contributed by atoms with van der Waals surface area (Å²) in [7, 11) is 1.71. The number of aromatic nitrogens is 1. The monoisotopic (exact) mass is 599 g/mol. The number of nitrogen functional groups attached to an aromatic ring is 1. The number of fused-ring (bicyclic) bond motifs is 2. The molecule has 2 fully saturated rings. The van der Waals surface area contributed by atoms with Crippen molar-refractivity contribution in [1.82, 2.24) is 30.1 Å². The number of hydrogen-bond donors (Lipinski definition) is 3. The van der Waals surface area contributed by atoms with Crippen LogP contribution in [0.4, 0.5) is 9.93 Å². The topological polar surface area (TPSA) is 135 Å². The molecule has 4 amide bonds. The Morgan fingerprint density at radius 3 is 2.53 bits per heavy atom. The van der Waals surface area contributed by atoms with E-state index < -0.39 is 18.2 Å². The van der Waals surface area contributed by atoms with Gasteiger partial charge in [0.25, 0.3) is 0 Å². The maximum atomic E-state index is 14.3. The van der Waals surface area contributed by atoms with E-state index >= 15 is 0 Å². The molecular weight excluding hydrogens is 566 g/mol. The second kappa shape index (κ2) is 11.5. The van der Waals surface area contributed by atoms with E-state index in [1.807, 2.05) is 55.5 Å². The van der Waals surface area contributed by atoms with Crippen molar-refractivity contribution in [1.29, 1.82) is 0 Å². The molecule has 1 unspecified atom stereocenters. The first kappa shape index (κ1) is 28.4. The molecule has 0 spiro atoms. The molecule has 6 rings (SSSR count). The second-order valence-corrected chi connectivity index (χ2v) is 12.0. The molecule has 1 aromatic heterocycles. The summed E-state index contributed by atoms with van der Waals surface area (Å²) in [6, 6.07) is 20.2. The highest BCUT2D eigenvalue weighted by Gasteiger charge is 2.54. The van der Waals surface area contributed by atoms with Crippen LogP contribution in [0.15, 0.2) is 72.8 Å². The molecule has 2 saturated heterocycles. The van der Waals surface area contributed by atoms with Gasteiger partial charge in [0.2, 0.25) is 11.8 Å². The minimum Gasteiger partial charge on any atom is -0.508 e. The fourth-order valence-corrected chi connectivity index (χ4v) is 6.80. The van der Waals surface area contributed by atoms with Crippen LogP contribution in [0.1, 0.15) is 23.6 Å². The van der Waals surface area contributed by atoms with Crippen LogP contribution in [0.5, 0.6) is 5.75 Å². The number of hydrogen-bond acceptors (Lipinski definition) is 8. The summed E-state index contributed by atoms with van der Waals surface area (Å²) in [6.07, 6.45) is -0.539. The molecule has 0 aliphatic carbocycles. The molecule has 3 atom stereocenters. The molecule has 2 aliphatic rings. The number of benzene rings is 3. The van der Waals surface area contributed by atoms with E-state index in [2.05, 4.69) is 10.3 Å². The number of carbonyl (C=O) groups is 3. The van der Waals surface area contributed by atoms with E-state index in [1.165, 1.54) is 11.3 Å². The summed E-state index contributed by atoms with van der Waals surface area (Å²) in [5.74, 6) is -0.350. The number of carbonyl (C=O) groups excluding carboxylic acids is 3. The third kappa shape index (κ3) is 5.46. The van der Waals surface area contributed by atoms with Gasteiger partial charge in [-0.15, -0.1) is 0 Å². The van der Waals surface area contributed by atoms with Crippen molar-refractivity contribution in [2.45, 2.75) is 44.7 Å². The minimum absolute atomic E-state index is 0.0568. The molecule has 11 nitrogen and oxygen atoms in total. The van der Waals surface area contributed by atoms with Crippen LogP contribution < -0.4 is 11.1 Å². The maximum Gasteiger partial charge on any atom is 0.334 e. The zero-order valence-corrected chi connectivity index (χ0v) is 24.7. The summed E-state index contributed by atoms with van der Waals surface area (Å²) >= 11 is 1.38.